The van der Waals surface area contributed by atoms with Gasteiger partial charge in [0, 0.05) is 44.9 Å². The lowest BCUT2D eigenvalue weighted by Crippen LogP contribution is -2.58. The fourth-order valence-electron chi connectivity index (χ4n) is 3.34. The van der Waals surface area contributed by atoms with E-state index in [9.17, 15) is 0 Å². The summed E-state index contributed by atoms with van der Waals surface area (Å²) in [6.45, 7) is 11.5. The average Bonchev–Trinajstić information content (AvgIpc) is 2.39. The molecule has 3 nitrogen and oxygen atoms in total. The van der Waals surface area contributed by atoms with Crippen molar-refractivity contribution >= 4 is 0 Å². The smallest absolute Gasteiger partial charge is 0.0478 e. The molecule has 0 bridgehead atoms. The Morgan fingerprint density at radius 3 is 2.89 bits per heavy atom. The third kappa shape index (κ3) is 3.94. The molecule has 0 aliphatic carbocycles. The third-order valence-electron chi connectivity index (χ3n) is 4.40. The van der Waals surface area contributed by atoms with Gasteiger partial charge in [0.1, 0.15) is 0 Å². The van der Waals surface area contributed by atoms with Gasteiger partial charge in [-0.3, -0.25) is 9.80 Å². The van der Waals surface area contributed by atoms with Crippen molar-refractivity contribution in [3.63, 3.8) is 0 Å². The predicted molar refractivity (Wildman–Crippen MR) is 76.0 cm³/mol. The van der Waals surface area contributed by atoms with Crippen LogP contribution in [0.2, 0.25) is 0 Å². The highest BCUT2D eigenvalue weighted by Gasteiger charge is 2.32. The summed E-state index contributed by atoms with van der Waals surface area (Å²) >= 11 is 0. The molecule has 0 amide bonds. The van der Waals surface area contributed by atoms with Crippen LogP contribution in [-0.4, -0.2) is 61.3 Å². The first-order chi connectivity index (χ1) is 8.81. The first kappa shape index (κ1) is 14.3. The van der Waals surface area contributed by atoms with Gasteiger partial charge < -0.3 is 4.74 Å². The zero-order valence-corrected chi connectivity index (χ0v) is 12.2. The molecule has 2 heterocycles. The van der Waals surface area contributed by atoms with E-state index in [0.29, 0.717) is 0 Å². The van der Waals surface area contributed by atoms with E-state index in [0.717, 1.165) is 31.7 Å². The van der Waals surface area contributed by atoms with Crippen molar-refractivity contribution < 1.29 is 4.74 Å². The molecular weight excluding hydrogens is 224 g/mol. The summed E-state index contributed by atoms with van der Waals surface area (Å²) in [5.74, 6) is 0. The zero-order valence-electron chi connectivity index (χ0n) is 12.2. The van der Waals surface area contributed by atoms with E-state index >= 15 is 0 Å². The second-order valence-corrected chi connectivity index (χ2v) is 5.95. The number of rotatable bonds is 6. The minimum absolute atomic E-state index is 0.727. The maximum atomic E-state index is 5.58. The van der Waals surface area contributed by atoms with Crippen LogP contribution in [0.4, 0.5) is 0 Å². The van der Waals surface area contributed by atoms with Crippen LogP contribution in [0.15, 0.2) is 0 Å². The van der Waals surface area contributed by atoms with Crippen molar-refractivity contribution in [1.29, 1.82) is 0 Å². The molecule has 2 fully saturated rings. The van der Waals surface area contributed by atoms with Crippen molar-refractivity contribution in [1.82, 2.24) is 9.80 Å². The fourth-order valence-corrected chi connectivity index (χ4v) is 3.34. The Labute approximate surface area is 112 Å². The Hall–Kier alpha value is -0.120. The minimum Gasteiger partial charge on any atom is -0.381 e. The summed E-state index contributed by atoms with van der Waals surface area (Å²) in [6.07, 6.45) is 6.58. The van der Waals surface area contributed by atoms with Gasteiger partial charge in [-0.25, -0.2) is 0 Å². The summed E-state index contributed by atoms with van der Waals surface area (Å²) in [6, 6.07) is 1.57. The Morgan fingerprint density at radius 2 is 2.06 bits per heavy atom. The molecule has 2 aliphatic rings. The standard InChI is InChI=1S/C15H30N2O/c1-3-10-18-11-6-9-16-13-15-7-4-5-8-17(15)12-14(16)2/h14-15H,3-13H2,1-2H3. The van der Waals surface area contributed by atoms with Crippen LogP contribution >= 0.6 is 0 Å². The van der Waals surface area contributed by atoms with Crippen LogP contribution in [-0.2, 0) is 4.74 Å². The van der Waals surface area contributed by atoms with Crippen molar-refractivity contribution in [2.45, 2.75) is 58.0 Å². The maximum absolute atomic E-state index is 5.58. The second-order valence-electron chi connectivity index (χ2n) is 5.95. The number of hydrogen-bond acceptors (Lipinski definition) is 3. The van der Waals surface area contributed by atoms with Crippen LogP contribution in [0.25, 0.3) is 0 Å². The molecular formula is C15H30N2O. The molecule has 2 aliphatic heterocycles. The summed E-state index contributed by atoms with van der Waals surface area (Å²) in [7, 11) is 0. The quantitative estimate of drug-likeness (QED) is 0.677. The molecule has 0 radical (unpaired) electrons. The number of nitrogens with zero attached hydrogens (tertiary/aromatic N) is 2. The van der Waals surface area contributed by atoms with Gasteiger partial charge in [-0.05, 0) is 39.2 Å². The van der Waals surface area contributed by atoms with Gasteiger partial charge in [0.2, 0.25) is 0 Å². The van der Waals surface area contributed by atoms with Crippen LogP contribution in [0.1, 0.15) is 46.0 Å². The number of hydrogen-bond donors (Lipinski definition) is 0. The largest absolute Gasteiger partial charge is 0.381 e. The highest BCUT2D eigenvalue weighted by Crippen LogP contribution is 2.23. The van der Waals surface area contributed by atoms with Gasteiger partial charge in [0.05, 0.1) is 0 Å². The maximum Gasteiger partial charge on any atom is 0.0478 e. The molecule has 3 heteroatoms. The van der Waals surface area contributed by atoms with E-state index in [4.69, 9.17) is 4.74 Å². The topological polar surface area (TPSA) is 15.7 Å². The van der Waals surface area contributed by atoms with E-state index in [1.807, 2.05) is 0 Å². The molecule has 0 N–H and O–H groups in total. The van der Waals surface area contributed by atoms with Gasteiger partial charge in [0.15, 0.2) is 0 Å². The summed E-state index contributed by atoms with van der Waals surface area (Å²) in [5, 5.41) is 0. The number of ether oxygens (including phenoxy) is 1. The lowest BCUT2D eigenvalue weighted by atomic mass is 9.97. The molecule has 2 unspecified atom stereocenters. The predicted octanol–water partition coefficient (Wildman–Crippen LogP) is 2.36. The Balaban J connectivity index is 1.68. The van der Waals surface area contributed by atoms with Gasteiger partial charge in [0.25, 0.3) is 0 Å². The van der Waals surface area contributed by atoms with Gasteiger partial charge >= 0.3 is 0 Å². The summed E-state index contributed by atoms with van der Waals surface area (Å²) in [4.78, 5) is 5.40. The summed E-state index contributed by atoms with van der Waals surface area (Å²) < 4.78 is 5.58. The van der Waals surface area contributed by atoms with Crippen LogP contribution < -0.4 is 0 Å². The Kier molecular flexibility index (Phi) is 5.93. The van der Waals surface area contributed by atoms with Crippen molar-refractivity contribution in [2.75, 3.05) is 39.4 Å². The molecule has 106 valence electrons. The van der Waals surface area contributed by atoms with Crippen LogP contribution in [0.5, 0.6) is 0 Å². The molecule has 0 aromatic rings. The average molecular weight is 254 g/mol. The highest BCUT2D eigenvalue weighted by atomic mass is 16.5. The molecule has 0 aromatic heterocycles. The lowest BCUT2D eigenvalue weighted by Gasteiger charge is -2.47. The van der Waals surface area contributed by atoms with Crippen molar-refractivity contribution in [3.8, 4) is 0 Å². The van der Waals surface area contributed by atoms with Gasteiger partial charge in [-0.15, -0.1) is 0 Å². The number of piperidine rings is 1. The van der Waals surface area contributed by atoms with E-state index < -0.39 is 0 Å². The zero-order chi connectivity index (χ0) is 12.8. The van der Waals surface area contributed by atoms with Crippen molar-refractivity contribution in [3.05, 3.63) is 0 Å². The van der Waals surface area contributed by atoms with E-state index in [1.165, 1.54) is 51.9 Å². The fraction of sp³-hybridized carbons (Fsp3) is 1.00. The van der Waals surface area contributed by atoms with Gasteiger partial charge in [-0.1, -0.05) is 13.3 Å². The minimum atomic E-state index is 0.727. The highest BCUT2D eigenvalue weighted by molar-refractivity contribution is 4.88. The molecule has 18 heavy (non-hydrogen) atoms. The lowest BCUT2D eigenvalue weighted by molar-refractivity contribution is 0.0102. The van der Waals surface area contributed by atoms with E-state index in [2.05, 4.69) is 23.6 Å². The second kappa shape index (κ2) is 7.46. The molecule has 2 atom stereocenters. The van der Waals surface area contributed by atoms with E-state index in [-0.39, 0.29) is 0 Å². The number of piperazine rings is 1. The molecule has 0 spiro atoms. The molecule has 2 rings (SSSR count). The molecule has 0 saturated carbocycles. The van der Waals surface area contributed by atoms with Gasteiger partial charge in [-0.2, -0.15) is 0 Å². The normalized spacial score (nSPS) is 30.3. The SMILES string of the molecule is CCCOCCCN1CC2CCCCN2CC1C. The molecule has 2 saturated heterocycles. The Morgan fingerprint density at radius 1 is 1.17 bits per heavy atom. The Bertz CT molecular complexity index is 235. The van der Waals surface area contributed by atoms with Crippen LogP contribution in [0, 0.1) is 0 Å². The molecule has 0 aromatic carbocycles. The van der Waals surface area contributed by atoms with Crippen molar-refractivity contribution in [2.24, 2.45) is 0 Å². The third-order valence-corrected chi connectivity index (χ3v) is 4.40. The van der Waals surface area contributed by atoms with E-state index in [1.54, 1.807) is 0 Å². The first-order valence-corrected chi connectivity index (χ1v) is 7.87. The monoisotopic (exact) mass is 254 g/mol. The first-order valence-electron chi connectivity index (χ1n) is 7.87. The van der Waals surface area contributed by atoms with Crippen LogP contribution in [0.3, 0.4) is 0 Å². The summed E-state index contributed by atoms with van der Waals surface area (Å²) in [5.41, 5.74) is 0. The number of fused-ring (bicyclic) bond motifs is 1.